The molecule has 0 saturated heterocycles. The van der Waals surface area contributed by atoms with E-state index in [0.29, 0.717) is 0 Å². The Morgan fingerprint density at radius 2 is 2.23 bits per heavy atom. The lowest BCUT2D eigenvalue weighted by molar-refractivity contribution is 0.379. The van der Waals surface area contributed by atoms with Gasteiger partial charge in [0.05, 0.1) is 0 Å². The number of nitrogens with zero attached hydrogens (tertiary/aromatic N) is 2. The van der Waals surface area contributed by atoms with Crippen LogP contribution in [-0.4, -0.2) is 35.2 Å². The molecule has 13 heavy (non-hydrogen) atoms. The Morgan fingerprint density at radius 1 is 1.54 bits per heavy atom. The van der Waals surface area contributed by atoms with E-state index >= 15 is 0 Å². The van der Waals surface area contributed by atoms with Crippen LogP contribution in [0.2, 0.25) is 0 Å². The SMILES string of the molecule is CN(C)CCn1ccc(=O)c(O)c1. The lowest BCUT2D eigenvalue weighted by Gasteiger charge is -2.11. The van der Waals surface area contributed by atoms with Crippen molar-refractivity contribution in [1.29, 1.82) is 0 Å². The van der Waals surface area contributed by atoms with E-state index in [9.17, 15) is 4.79 Å². The summed E-state index contributed by atoms with van der Waals surface area (Å²) in [6, 6.07) is 1.37. The van der Waals surface area contributed by atoms with E-state index in [0.717, 1.165) is 13.1 Å². The van der Waals surface area contributed by atoms with Crippen LogP contribution in [0.1, 0.15) is 0 Å². The first-order valence-corrected chi connectivity index (χ1v) is 4.13. The zero-order chi connectivity index (χ0) is 9.84. The summed E-state index contributed by atoms with van der Waals surface area (Å²) in [5, 5.41) is 9.12. The van der Waals surface area contributed by atoms with E-state index in [1.165, 1.54) is 12.3 Å². The van der Waals surface area contributed by atoms with Gasteiger partial charge in [-0.3, -0.25) is 4.79 Å². The molecule has 4 nitrogen and oxygen atoms in total. The predicted molar refractivity (Wildman–Crippen MR) is 50.9 cm³/mol. The van der Waals surface area contributed by atoms with E-state index < -0.39 is 0 Å². The smallest absolute Gasteiger partial charge is 0.223 e. The highest BCUT2D eigenvalue weighted by atomic mass is 16.3. The fraction of sp³-hybridized carbons (Fsp3) is 0.444. The summed E-state index contributed by atoms with van der Waals surface area (Å²) in [6.07, 6.45) is 3.12. The molecular weight excluding hydrogens is 168 g/mol. The Balaban J connectivity index is 2.69. The predicted octanol–water partition coefficient (Wildman–Crippen LogP) is 0.115. The second kappa shape index (κ2) is 4.09. The zero-order valence-corrected chi connectivity index (χ0v) is 7.90. The molecule has 1 aromatic rings. The van der Waals surface area contributed by atoms with Gasteiger partial charge >= 0.3 is 0 Å². The third-order valence-electron chi connectivity index (χ3n) is 1.76. The summed E-state index contributed by atoms with van der Waals surface area (Å²) in [7, 11) is 3.95. The quantitative estimate of drug-likeness (QED) is 0.722. The van der Waals surface area contributed by atoms with Crippen molar-refractivity contribution in [1.82, 2.24) is 9.47 Å². The number of pyridine rings is 1. The van der Waals surface area contributed by atoms with Crippen LogP contribution < -0.4 is 5.43 Å². The maximum atomic E-state index is 10.8. The molecule has 1 rings (SSSR count). The van der Waals surface area contributed by atoms with E-state index in [1.807, 2.05) is 19.0 Å². The Kier molecular flexibility index (Phi) is 3.08. The summed E-state index contributed by atoms with van der Waals surface area (Å²) >= 11 is 0. The second-order valence-corrected chi connectivity index (χ2v) is 3.24. The van der Waals surface area contributed by atoms with Gasteiger partial charge in [0.1, 0.15) is 0 Å². The van der Waals surface area contributed by atoms with E-state index in [2.05, 4.69) is 0 Å². The van der Waals surface area contributed by atoms with Crippen LogP contribution in [0.25, 0.3) is 0 Å². The fourth-order valence-electron chi connectivity index (χ4n) is 0.967. The minimum absolute atomic E-state index is 0.193. The largest absolute Gasteiger partial charge is 0.503 e. The van der Waals surface area contributed by atoms with Gasteiger partial charge in [0.2, 0.25) is 5.43 Å². The Bertz CT molecular complexity index is 331. The second-order valence-electron chi connectivity index (χ2n) is 3.24. The Labute approximate surface area is 77.0 Å². The van der Waals surface area contributed by atoms with Gasteiger partial charge in [-0.1, -0.05) is 0 Å². The van der Waals surface area contributed by atoms with Crippen LogP contribution in [-0.2, 0) is 6.54 Å². The van der Waals surface area contributed by atoms with Crippen molar-refractivity contribution in [3.05, 3.63) is 28.7 Å². The normalized spacial score (nSPS) is 10.7. The van der Waals surface area contributed by atoms with Gasteiger partial charge in [-0.25, -0.2) is 0 Å². The first kappa shape index (κ1) is 9.80. The topological polar surface area (TPSA) is 45.5 Å². The van der Waals surface area contributed by atoms with Crippen LogP contribution in [0.3, 0.4) is 0 Å². The number of hydrogen-bond acceptors (Lipinski definition) is 3. The lowest BCUT2D eigenvalue weighted by Crippen LogP contribution is -2.18. The van der Waals surface area contributed by atoms with Gasteiger partial charge in [0.15, 0.2) is 5.75 Å². The van der Waals surface area contributed by atoms with Crippen molar-refractivity contribution >= 4 is 0 Å². The molecule has 1 N–H and O–H groups in total. The molecule has 0 aliphatic heterocycles. The fourth-order valence-corrected chi connectivity index (χ4v) is 0.967. The maximum absolute atomic E-state index is 10.8. The molecule has 0 bridgehead atoms. The third-order valence-corrected chi connectivity index (χ3v) is 1.76. The van der Waals surface area contributed by atoms with Crippen LogP contribution in [0, 0.1) is 0 Å². The molecule has 1 aromatic heterocycles. The molecule has 0 unspecified atom stereocenters. The summed E-state index contributed by atoms with van der Waals surface area (Å²) in [5.74, 6) is -0.193. The van der Waals surface area contributed by atoms with Crippen molar-refractivity contribution in [2.24, 2.45) is 0 Å². The first-order valence-electron chi connectivity index (χ1n) is 4.13. The number of rotatable bonds is 3. The average Bonchev–Trinajstić information content (AvgIpc) is 2.07. The number of likely N-dealkylation sites (N-methyl/N-ethyl adjacent to an activating group) is 1. The van der Waals surface area contributed by atoms with Gasteiger partial charge in [-0.2, -0.15) is 0 Å². The van der Waals surface area contributed by atoms with Crippen LogP contribution >= 0.6 is 0 Å². The van der Waals surface area contributed by atoms with E-state index in [4.69, 9.17) is 5.11 Å². The van der Waals surface area contributed by atoms with Gasteiger partial charge < -0.3 is 14.6 Å². The molecule has 0 radical (unpaired) electrons. The highest BCUT2D eigenvalue weighted by molar-refractivity contribution is 5.14. The van der Waals surface area contributed by atoms with Crippen molar-refractivity contribution in [2.75, 3.05) is 20.6 Å². The summed E-state index contributed by atoms with van der Waals surface area (Å²) in [4.78, 5) is 12.9. The number of aromatic hydroxyl groups is 1. The highest BCUT2D eigenvalue weighted by Gasteiger charge is 1.96. The Morgan fingerprint density at radius 3 is 2.77 bits per heavy atom. The molecule has 72 valence electrons. The van der Waals surface area contributed by atoms with E-state index in [1.54, 1.807) is 10.8 Å². The van der Waals surface area contributed by atoms with Crippen LogP contribution in [0.5, 0.6) is 5.75 Å². The van der Waals surface area contributed by atoms with Gasteiger partial charge in [0.25, 0.3) is 0 Å². The summed E-state index contributed by atoms with van der Waals surface area (Å²) < 4.78 is 1.79. The minimum Gasteiger partial charge on any atom is -0.503 e. The molecule has 0 saturated carbocycles. The maximum Gasteiger partial charge on any atom is 0.223 e. The first-order chi connectivity index (χ1) is 6.09. The van der Waals surface area contributed by atoms with Crippen molar-refractivity contribution in [3.8, 4) is 5.75 Å². The van der Waals surface area contributed by atoms with Crippen LogP contribution in [0.15, 0.2) is 23.3 Å². The monoisotopic (exact) mass is 182 g/mol. The van der Waals surface area contributed by atoms with Crippen molar-refractivity contribution in [3.63, 3.8) is 0 Å². The molecule has 4 heteroatoms. The number of aromatic nitrogens is 1. The summed E-state index contributed by atoms with van der Waals surface area (Å²) in [5.41, 5.74) is -0.332. The summed E-state index contributed by atoms with van der Waals surface area (Å²) in [6.45, 7) is 1.64. The molecule has 0 amide bonds. The molecule has 0 atom stereocenters. The van der Waals surface area contributed by atoms with Crippen LogP contribution in [0.4, 0.5) is 0 Å². The van der Waals surface area contributed by atoms with Crippen molar-refractivity contribution in [2.45, 2.75) is 6.54 Å². The molecule has 0 spiro atoms. The molecule has 0 fully saturated rings. The van der Waals surface area contributed by atoms with E-state index in [-0.39, 0.29) is 11.2 Å². The lowest BCUT2D eigenvalue weighted by atomic mass is 10.4. The molecule has 0 aliphatic rings. The van der Waals surface area contributed by atoms with Crippen molar-refractivity contribution < 1.29 is 5.11 Å². The zero-order valence-electron chi connectivity index (χ0n) is 7.90. The van der Waals surface area contributed by atoms with Gasteiger partial charge in [0, 0.05) is 31.5 Å². The molecule has 1 heterocycles. The number of hydrogen-bond donors (Lipinski definition) is 1. The third kappa shape index (κ3) is 2.91. The standard InChI is InChI=1S/C9H14N2O2/c1-10(2)5-6-11-4-3-8(12)9(13)7-11/h3-4,7,13H,5-6H2,1-2H3. The molecular formula is C9H14N2O2. The molecule has 0 aliphatic carbocycles. The van der Waals surface area contributed by atoms with Gasteiger partial charge in [-0.05, 0) is 14.1 Å². The minimum atomic E-state index is -0.332. The van der Waals surface area contributed by atoms with Gasteiger partial charge in [-0.15, -0.1) is 0 Å². The molecule has 0 aromatic carbocycles. The Hall–Kier alpha value is -1.29. The average molecular weight is 182 g/mol. The highest BCUT2D eigenvalue weighted by Crippen LogP contribution is 1.98.